The summed E-state index contributed by atoms with van der Waals surface area (Å²) in [6, 6.07) is 6.89. The van der Waals surface area contributed by atoms with E-state index in [9.17, 15) is 0 Å². The predicted molar refractivity (Wildman–Crippen MR) is 116 cm³/mol. The molecular weight excluding hydrogens is 380 g/mol. The second-order valence-electron chi connectivity index (χ2n) is 8.02. The average Bonchev–Trinajstić information content (AvgIpc) is 3.22. The maximum absolute atomic E-state index is 5.48. The minimum atomic E-state index is 0.350. The van der Waals surface area contributed by atoms with Crippen LogP contribution in [0.25, 0.3) is 16.7 Å². The minimum Gasteiger partial charge on any atom is -0.467 e. The topological polar surface area (TPSA) is 77.3 Å². The van der Waals surface area contributed by atoms with E-state index >= 15 is 0 Å². The Morgan fingerprint density at radius 3 is 2.60 bits per heavy atom. The molecule has 0 radical (unpaired) electrons. The molecule has 1 aromatic carbocycles. The summed E-state index contributed by atoms with van der Waals surface area (Å²) in [5, 5.41) is 9.25. The van der Waals surface area contributed by atoms with Crippen molar-refractivity contribution in [1.82, 2.24) is 25.1 Å². The Morgan fingerprint density at radius 1 is 1.07 bits per heavy atom. The fraction of sp³-hybridized carbons (Fsp3) is 0.500. The van der Waals surface area contributed by atoms with Gasteiger partial charge in [-0.3, -0.25) is 0 Å². The Balaban J connectivity index is 1.58. The van der Waals surface area contributed by atoms with Gasteiger partial charge in [0, 0.05) is 24.5 Å². The SMILES string of the molecule is COc1nc(N2CCOCC2)cc(-n2ncc3cc(C)c(C4CCNCC4)cc32)n1. The van der Waals surface area contributed by atoms with E-state index in [2.05, 4.69) is 44.3 Å². The van der Waals surface area contributed by atoms with Crippen LogP contribution in [0.1, 0.15) is 29.9 Å². The lowest BCUT2D eigenvalue weighted by molar-refractivity contribution is 0.122. The van der Waals surface area contributed by atoms with Crippen molar-refractivity contribution in [2.45, 2.75) is 25.7 Å². The fourth-order valence-corrected chi connectivity index (χ4v) is 4.51. The number of hydrogen-bond donors (Lipinski definition) is 1. The molecule has 2 aliphatic rings. The molecule has 0 saturated carbocycles. The molecule has 0 atom stereocenters. The summed E-state index contributed by atoms with van der Waals surface area (Å²) in [6.45, 7) is 7.37. The van der Waals surface area contributed by atoms with Gasteiger partial charge >= 0.3 is 6.01 Å². The van der Waals surface area contributed by atoms with Crippen LogP contribution in [0.4, 0.5) is 5.82 Å². The average molecular weight is 409 g/mol. The summed E-state index contributed by atoms with van der Waals surface area (Å²) in [7, 11) is 1.60. The van der Waals surface area contributed by atoms with Crippen LogP contribution in [0.2, 0.25) is 0 Å². The normalized spacial score (nSPS) is 18.1. The van der Waals surface area contributed by atoms with Crippen LogP contribution < -0.4 is 15.0 Å². The first kappa shape index (κ1) is 19.3. The lowest BCUT2D eigenvalue weighted by atomic mass is 9.87. The second-order valence-corrected chi connectivity index (χ2v) is 8.02. The van der Waals surface area contributed by atoms with Crippen LogP contribution >= 0.6 is 0 Å². The number of nitrogens with zero attached hydrogens (tertiary/aromatic N) is 5. The van der Waals surface area contributed by atoms with Crippen molar-refractivity contribution in [2.75, 3.05) is 51.4 Å². The number of hydrogen-bond acceptors (Lipinski definition) is 7. The maximum atomic E-state index is 5.48. The maximum Gasteiger partial charge on any atom is 0.320 e. The van der Waals surface area contributed by atoms with Crippen LogP contribution in [0.5, 0.6) is 6.01 Å². The van der Waals surface area contributed by atoms with Crippen molar-refractivity contribution in [3.05, 3.63) is 35.5 Å². The van der Waals surface area contributed by atoms with Gasteiger partial charge in [0.1, 0.15) is 5.82 Å². The molecule has 0 amide bonds. The van der Waals surface area contributed by atoms with Gasteiger partial charge in [-0.05, 0) is 62.0 Å². The summed E-state index contributed by atoms with van der Waals surface area (Å²) in [6.07, 6.45) is 4.25. The van der Waals surface area contributed by atoms with E-state index in [1.807, 2.05) is 16.9 Å². The third kappa shape index (κ3) is 3.61. The molecule has 8 heteroatoms. The van der Waals surface area contributed by atoms with Crippen LogP contribution in [-0.4, -0.2) is 66.3 Å². The molecule has 3 aromatic rings. The summed E-state index contributed by atoms with van der Waals surface area (Å²) in [5.41, 5.74) is 3.83. The Kier molecular flexibility index (Phi) is 5.26. The Hall–Kier alpha value is -2.71. The van der Waals surface area contributed by atoms with E-state index in [1.54, 1.807) is 7.11 Å². The minimum absolute atomic E-state index is 0.350. The van der Waals surface area contributed by atoms with E-state index < -0.39 is 0 Å². The summed E-state index contributed by atoms with van der Waals surface area (Å²) in [4.78, 5) is 11.4. The molecule has 0 spiro atoms. The van der Waals surface area contributed by atoms with Gasteiger partial charge in [-0.25, -0.2) is 4.68 Å². The fourth-order valence-electron chi connectivity index (χ4n) is 4.51. The number of aromatic nitrogens is 4. The quantitative estimate of drug-likeness (QED) is 0.710. The molecule has 5 rings (SSSR count). The Morgan fingerprint density at radius 2 is 1.83 bits per heavy atom. The number of piperidine rings is 1. The zero-order valence-electron chi connectivity index (χ0n) is 17.6. The molecule has 1 N–H and O–H groups in total. The Labute approximate surface area is 176 Å². The van der Waals surface area contributed by atoms with E-state index in [1.165, 1.54) is 24.0 Å². The second kappa shape index (κ2) is 8.20. The van der Waals surface area contributed by atoms with Crippen molar-refractivity contribution in [2.24, 2.45) is 0 Å². The highest BCUT2D eigenvalue weighted by Gasteiger charge is 2.20. The van der Waals surface area contributed by atoms with Gasteiger partial charge in [-0.1, -0.05) is 0 Å². The van der Waals surface area contributed by atoms with Crippen molar-refractivity contribution in [3.63, 3.8) is 0 Å². The number of nitrogens with one attached hydrogen (secondary N) is 1. The molecule has 2 aliphatic heterocycles. The van der Waals surface area contributed by atoms with Crippen molar-refractivity contribution in [3.8, 4) is 11.8 Å². The van der Waals surface area contributed by atoms with Gasteiger partial charge in [0.2, 0.25) is 0 Å². The smallest absolute Gasteiger partial charge is 0.320 e. The van der Waals surface area contributed by atoms with Gasteiger partial charge in [-0.15, -0.1) is 0 Å². The van der Waals surface area contributed by atoms with Gasteiger partial charge < -0.3 is 19.7 Å². The lowest BCUT2D eigenvalue weighted by Gasteiger charge is -2.28. The highest BCUT2D eigenvalue weighted by molar-refractivity contribution is 5.82. The first-order chi connectivity index (χ1) is 14.7. The van der Waals surface area contributed by atoms with Crippen LogP contribution in [-0.2, 0) is 4.74 Å². The van der Waals surface area contributed by atoms with Crippen molar-refractivity contribution < 1.29 is 9.47 Å². The van der Waals surface area contributed by atoms with E-state index in [4.69, 9.17) is 9.47 Å². The summed E-state index contributed by atoms with van der Waals surface area (Å²) >= 11 is 0. The van der Waals surface area contributed by atoms with E-state index in [0.717, 1.165) is 48.7 Å². The third-order valence-corrected chi connectivity index (χ3v) is 6.15. The lowest BCUT2D eigenvalue weighted by Crippen LogP contribution is -2.36. The van der Waals surface area contributed by atoms with Gasteiger partial charge in [0.25, 0.3) is 0 Å². The molecule has 2 fully saturated rings. The highest BCUT2D eigenvalue weighted by Crippen LogP contribution is 2.32. The molecule has 8 nitrogen and oxygen atoms in total. The van der Waals surface area contributed by atoms with Crippen LogP contribution in [0, 0.1) is 6.92 Å². The number of methoxy groups -OCH3 is 1. The van der Waals surface area contributed by atoms with Crippen LogP contribution in [0.15, 0.2) is 24.4 Å². The number of rotatable bonds is 4. The number of benzene rings is 1. The molecule has 0 bridgehead atoms. The van der Waals surface area contributed by atoms with Crippen LogP contribution in [0.3, 0.4) is 0 Å². The largest absolute Gasteiger partial charge is 0.467 e. The highest BCUT2D eigenvalue weighted by atomic mass is 16.5. The number of ether oxygens (including phenoxy) is 2. The molecule has 0 aliphatic carbocycles. The van der Waals surface area contributed by atoms with E-state index in [-0.39, 0.29) is 0 Å². The summed E-state index contributed by atoms with van der Waals surface area (Å²) in [5.74, 6) is 2.15. The number of morpholine rings is 1. The van der Waals surface area contributed by atoms with Crippen molar-refractivity contribution >= 4 is 16.7 Å². The molecule has 158 valence electrons. The first-order valence-electron chi connectivity index (χ1n) is 10.7. The van der Waals surface area contributed by atoms with Crippen molar-refractivity contribution in [1.29, 1.82) is 0 Å². The zero-order valence-corrected chi connectivity index (χ0v) is 17.6. The molecular formula is C22H28N6O2. The van der Waals surface area contributed by atoms with Gasteiger partial charge in [-0.2, -0.15) is 15.1 Å². The Bertz CT molecular complexity index is 1040. The molecule has 30 heavy (non-hydrogen) atoms. The first-order valence-corrected chi connectivity index (χ1v) is 10.7. The molecule has 2 aromatic heterocycles. The van der Waals surface area contributed by atoms with E-state index in [0.29, 0.717) is 25.1 Å². The standard InChI is InChI=1S/C22H28N6O2/c1-15-11-17-14-24-28(19(17)12-18(15)16-3-5-23-6-4-16)21-13-20(25-22(26-21)29-2)27-7-9-30-10-8-27/h11-14,16,23H,3-10H2,1-2H3. The number of aryl methyl sites for hydroxylation is 1. The summed E-state index contributed by atoms with van der Waals surface area (Å²) < 4.78 is 12.8. The van der Waals surface area contributed by atoms with Gasteiger partial charge in [0.05, 0.1) is 32.0 Å². The monoisotopic (exact) mass is 408 g/mol. The molecule has 4 heterocycles. The number of anilines is 1. The zero-order chi connectivity index (χ0) is 20.5. The predicted octanol–water partition coefficient (Wildman–Crippen LogP) is 2.44. The molecule has 0 unspecified atom stereocenters. The number of fused-ring (bicyclic) bond motifs is 1. The molecule has 2 saturated heterocycles. The third-order valence-electron chi connectivity index (χ3n) is 6.15. The van der Waals surface area contributed by atoms with Gasteiger partial charge in [0.15, 0.2) is 5.82 Å².